The first-order valence-corrected chi connectivity index (χ1v) is 9.62. The molecule has 0 unspecified atom stereocenters. The van der Waals surface area contributed by atoms with Crippen LogP contribution in [0.25, 0.3) is 0 Å². The fourth-order valence-electron chi connectivity index (χ4n) is 1.99. The van der Waals surface area contributed by atoms with E-state index in [1.54, 1.807) is 19.1 Å². The van der Waals surface area contributed by atoms with Gasteiger partial charge in [0.1, 0.15) is 10.8 Å². The van der Waals surface area contributed by atoms with Crippen LogP contribution in [0, 0.1) is 6.92 Å². The van der Waals surface area contributed by atoms with Gasteiger partial charge in [0.25, 0.3) is 21.5 Å². The third-order valence-electron chi connectivity index (χ3n) is 3.30. The summed E-state index contributed by atoms with van der Waals surface area (Å²) in [6.45, 7) is 7.36. The van der Waals surface area contributed by atoms with Crippen molar-refractivity contribution in [3.05, 3.63) is 51.3 Å². The van der Waals surface area contributed by atoms with Crippen molar-refractivity contribution in [3.63, 3.8) is 0 Å². The first-order valence-electron chi connectivity index (χ1n) is 7.32. The second-order valence-corrected chi connectivity index (χ2v) is 9.56. The molecule has 8 heteroatoms. The highest BCUT2D eigenvalue weighted by molar-refractivity contribution is 7.92. The van der Waals surface area contributed by atoms with Gasteiger partial charge >= 0.3 is 0 Å². The van der Waals surface area contributed by atoms with E-state index in [1.807, 2.05) is 25.5 Å². The highest BCUT2D eigenvalue weighted by Gasteiger charge is 2.23. The molecule has 0 bridgehead atoms. The van der Waals surface area contributed by atoms with Crippen LogP contribution in [0.4, 0.5) is 0 Å². The fraction of sp³-hybridized carbons (Fsp3) is 0.375. The lowest BCUT2D eigenvalue weighted by Crippen LogP contribution is -2.35. The van der Waals surface area contributed by atoms with Crippen LogP contribution >= 0.6 is 11.3 Å². The zero-order valence-corrected chi connectivity index (χ0v) is 15.6. The third kappa shape index (κ3) is 4.33. The standard InChI is InChI=1S/C16H20N2O4S2/c1-11-7-8-18(14(20)9-11)10-13(19)17-24(21,22)15-6-5-12(23-15)16(2,3)4/h5-9H,10H2,1-4H3,(H,17,19). The van der Waals surface area contributed by atoms with Crippen molar-refractivity contribution < 1.29 is 13.2 Å². The Bertz CT molecular complexity index is 918. The number of aromatic nitrogens is 1. The second kappa shape index (κ2) is 6.52. The van der Waals surface area contributed by atoms with Crippen molar-refractivity contribution >= 4 is 27.3 Å². The minimum Gasteiger partial charge on any atom is -0.306 e. The molecule has 0 spiro atoms. The summed E-state index contributed by atoms with van der Waals surface area (Å²) in [5.74, 6) is -0.758. The van der Waals surface area contributed by atoms with Crippen molar-refractivity contribution in [1.82, 2.24) is 9.29 Å². The molecule has 2 rings (SSSR count). The van der Waals surface area contributed by atoms with Crippen LogP contribution in [-0.2, 0) is 26.8 Å². The van der Waals surface area contributed by atoms with Gasteiger partial charge < -0.3 is 4.57 Å². The number of aryl methyl sites for hydroxylation is 1. The first-order chi connectivity index (χ1) is 11.0. The number of amides is 1. The summed E-state index contributed by atoms with van der Waals surface area (Å²) in [6.07, 6.45) is 1.46. The highest BCUT2D eigenvalue weighted by Crippen LogP contribution is 2.31. The number of pyridine rings is 1. The van der Waals surface area contributed by atoms with E-state index in [-0.39, 0.29) is 21.7 Å². The molecule has 0 radical (unpaired) electrons. The second-order valence-electron chi connectivity index (χ2n) is 6.57. The van der Waals surface area contributed by atoms with Gasteiger partial charge in [-0.1, -0.05) is 20.8 Å². The van der Waals surface area contributed by atoms with Crippen LogP contribution in [0.3, 0.4) is 0 Å². The summed E-state index contributed by atoms with van der Waals surface area (Å²) >= 11 is 1.13. The molecule has 0 atom stereocenters. The molecule has 0 aliphatic carbocycles. The summed E-state index contributed by atoms with van der Waals surface area (Å²) in [5, 5.41) is 0. The molecular weight excluding hydrogens is 348 g/mol. The molecule has 6 nitrogen and oxygen atoms in total. The minimum absolute atomic E-state index is 0.0806. The Morgan fingerprint density at radius 2 is 1.92 bits per heavy atom. The van der Waals surface area contributed by atoms with Crippen LogP contribution in [0.1, 0.15) is 31.2 Å². The highest BCUT2D eigenvalue weighted by atomic mass is 32.2. The Morgan fingerprint density at radius 3 is 2.46 bits per heavy atom. The lowest BCUT2D eigenvalue weighted by atomic mass is 9.95. The van der Waals surface area contributed by atoms with E-state index < -0.39 is 15.9 Å². The molecule has 24 heavy (non-hydrogen) atoms. The Kier molecular flexibility index (Phi) is 5.00. The molecular formula is C16H20N2O4S2. The average Bonchev–Trinajstić information content (AvgIpc) is 2.92. The molecule has 130 valence electrons. The number of thiophene rings is 1. The van der Waals surface area contributed by atoms with Crippen LogP contribution in [0.5, 0.6) is 0 Å². The van der Waals surface area contributed by atoms with E-state index in [2.05, 4.69) is 0 Å². The van der Waals surface area contributed by atoms with E-state index in [0.717, 1.165) is 26.3 Å². The number of nitrogens with zero attached hydrogens (tertiary/aromatic N) is 1. The normalized spacial score (nSPS) is 12.2. The van der Waals surface area contributed by atoms with Gasteiger partial charge in [-0.2, -0.15) is 0 Å². The minimum atomic E-state index is -3.94. The number of carbonyl (C=O) groups is 1. The average molecular weight is 368 g/mol. The number of sulfonamides is 1. The van der Waals surface area contributed by atoms with Crippen molar-refractivity contribution in [3.8, 4) is 0 Å². The van der Waals surface area contributed by atoms with Gasteiger partial charge in [-0.3, -0.25) is 9.59 Å². The molecule has 0 aliphatic heterocycles. The number of hydrogen-bond acceptors (Lipinski definition) is 5. The number of hydrogen-bond donors (Lipinski definition) is 1. The largest absolute Gasteiger partial charge is 0.306 e. The molecule has 2 aromatic heterocycles. The lowest BCUT2D eigenvalue weighted by Gasteiger charge is -2.15. The Labute approximate surface area is 145 Å². The number of nitrogens with one attached hydrogen (secondary N) is 1. The van der Waals surface area contributed by atoms with Crippen molar-refractivity contribution in [2.75, 3.05) is 0 Å². The van der Waals surface area contributed by atoms with Gasteiger partial charge in [0.2, 0.25) is 0 Å². The van der Waals surface area contributed by atoms with E-state index in [9.17, 15) is 18.0 Å². The molecule has 0 saturated carbocycles. The van der Waals surface area contributed by atoms with E-state index in [4.69, 9.17) is 0 Å². The first kappa shape index (κ1) is 18.4. The third-order valence-corrected chi connectivity index (χ3v) is 6.68. The van der Waals surface area contributed by atoms with Crippen LogP contribution < -0.4 is 10.3 Å². The summed E-state index contributed by atoms with van der Waals surface area (Å²) in [4.78, 5) is 24.7. The monoisotopic (exact) mass is 368 g/mol. The van der Waals surface area contributed by atoms with Gasteiger partial charge in [0.15, 0.2) is 0 Å². The summed E-state index contributed by atoms with van der Waals surface area (Å²) in [5.41, 5.74) is 0.253. The molecule has 2 heterocycles. The van der Waals surface area contributed by atoms with E-state index in [0.29, 0.717) is 0 Å². The molecule has 0 saturated heterocycles. The molecule has 1 amide bonds. The summed E-state index contributed by atoms with van der Waals surface area (Å²) in [7, 11) is -3.94. The predicted molar refractivity (Wildman–Crippen MR) is 93.8 cm³/mol. The zero-order chi connectivity index (χ0) is 18.1. The SMILES string of the molecule is Cc1ccn(CC(=O)NS(=O)(=O)c2ccc(C(C)(C)C)s2)c(=O)c1. The molecule has 0 fully saturated rings. The van der Waals surface area contributed by atoms with Gasteiger partial charge in [0.05, 0.1) is 0 Å². The topological polar surface area (TPSA) is 85.2 Å². The maximum Gasteiger partial charge on any atom is 0.273 e. The predicted octanol–water partition coefficient (Wildman–Crippen LogP) is 2.02. The number of rotatable bonds is 4. The molecule has 1 N–H and O–H groups in total. The van der Waals surface area contributed by atoms with Gasteiger partial charge in [-0.25, -0.2) is 13.1 Å². The Morgan fingerprint density at radius 1 is 1.25 bits per heavy atom. The van der Waals surface area contributed by atoms with Crippen LogP contribution in [0.15, 0.2) is 39.5 Å². The van der Waals surface area contributed by atoms with Gasteiger partial charge in [-0.05, 0) is 36.1 Å². The van der Waals surface area contributed by atoms with Gasteiger partial charge in [-0.15, -0.1) is 11.3 Å². The summed E-state index contributed by atoms with van der Waals surface area (Å²) in [6, 6.07) is 6.29. The Balaban J connectivity index is 2.15. The maximum atomic E-state index is 12.3. The van der Waals surface area contributed by atoms with Gasteiger partial charge in [0, 0.05) is 17.1 Å². The quantitative estimate of drug-likeness (QED) is 0.895. The lowest BCUT2D eigenvalue weighted by molar-refractivity contribution is -0.119. The van der Waals surface area contributed by atoms with Crippen LogP contribution in [0.2, 0.25) is 0 Å². The van der Waals surface area contributed by atoms with E-state index in [1.165, 1.54) is 18.3 Å². The maximum absolute atomic E-state index is 12.3. The summed E-state index contributed by atoms with van der Waals surface area (Å²) < 4.78 is 27.9. The van der Waals surface area contributed by atoms with Crippen LogP contribution in [-0.4, -0.2) is 18.9 Å². The van der Waals surface area contributed by atoms with E-state index >= 15 is 0 Å². The molecule has 0 aliphatic rings. The smallest absolute Gasteiger partial charge is 0.273 e. The van der Waals surface area contributed by atoms with Crippen molar-refractivity contribution in [2.45, 2.75) is 43.9 Å². The van der Waals surface area contributed by atoms with Crippen molar-refractivity contribution in [1.29, 1.82) is 0 Å². The zero-order valence-electron chi connectivity index (χ0n) is 14.0. The fourth-order valence-corrected chi connectivity index (χ4v) is 4.33. The molecule has 2 aromatic rings. The Hall–Kier alpha value is -1.93. The number of carbonyl (C=O) groups excluding carboxylic acids is 1. The van der Waals surface area contributed by atoms with Crippen molar-refractivity contribution in [2.24, 2.45) is 0 Å². The molecule has 0 aromatic carbocycles.